The van der Waals surface area contributed by atoms with E-state index in [-0.39, 0.29) is 5.92 Å². The van der Waals surface area contributed by atoms with E-state index in [9.17, 15) is 4.79 Å². The Labute approximate surface area is 72.6 Å². The molecule has 0 aromatic carbocycles. The number of epoxide rings is 1. The van der Waals surface area contributed by atoms with E-state index >= 15 is 0 Å². The number of aldehydes is 1. The third-order valence-corrected chi connectivity index (χ3v) is 2.94. The Bertz CT molecular complexity index is 206. The lowest BCUT2D eigenvalue weighted by atomic mass is 9.76. The van der Waals surface area contributed by atoms with E-state index < -0.39 is 0 Å². The van der Waals surface area contributed by atoms with Crippen LogP contribution < -0.4 is 0 Å². The molecule has 1 saturated heterocycles. The maximum Gasteiger partial charge on any atom is 0.124 e. The Kier molecular flexibility index (Phi) is 2.01. The van der Waals surface area contributed by atoms with Crippen LogP contribution in [0.15, 0.2) is 12.2 Å². The molecule has 1 unspecified atom stereocenters. The quantitative estimate of drug-likeness (QED) is 0.352. The normalized spacial score (nSPS) is 45.8. The molecule has 1 aliphatic heterocycles. The van der Waals surface area contributed by atoms with Gasteiger partial charge >= 0.3 is 0 Å². The Balaban J connectivity index is 2.10. The Morgan fingerprint density at radius 3 is 2.92 bits per heavy atom. The average Bonchev–Trinajstić information content (AvgIpc) is 2.86. The molecule has 12 heavy (non-hydrogen) atoms. The van der Waals surface area contributed by atoms with Crippen molar-refractivity contribution in [2.24, 2.45) is 17.8 Å². The minimum atomic E-state index is 0.183. The van der Waals surface area contributed by atoms with Crippen LogP contribution in [0.4, 0.5) is 0 Å². The van der Waals surface area contributed by atoms with Crippen molar-refractivity contribution in [3.8, 4) is 0 Å². The van der Waals surface area contributed by atoms with Crippen LogP contribution >= 0.6 is 0 Å². The predicted molar refractivity (Wildman–Crippen MR) is 45.7 cm³/mol. The smallest absolute Gasteiger partial charge is 0.124 e. The van der Waals surface area contributed by atoms with Gasteiger partial charge in [-0.3, -0.25) is 0 Å². The maximum atomic E-state index is 10.8. The molecule has 0 radical (unpaired) electrons. The van der Waals surface area contributed by atoms with Crippen LogP contribution in [0, 0.1) is 17.8 Å². The second-order valence-corrected chi connectivity index (χ2v) is 3.77. The fourth-order valence-electron chi connectivity index (χ4n) is 2.05. The molecule has 0 spiro atoms. The monoisotopic (exact) mass is 166 g/mol. The molecule has 0 saturated carbocycles. The molecule has 2 nitrogen and oxygen atoms in total. The molecule has 1 fully saturated rings. The van der Waals surface area contributed by atoms with Gasteiger partial charge in [0.1, 0.15) is 6.29 Å². The number of hydrogen-bond donors (Lipinski definition) is 0. The van der Waals surface area contributed by atoms with E-state index in [1.807, 2.05) is 0 Å². The van der Waals surface area contributed by atoms with Crippen molar-refractivity contribution in [1.82, 2.24) is 0 Å². The number of allylic oxidation sites excluding steroid dienone is 2. The highest BCUT2D eigenvalue weighted by Crippen LogP contribution is 2.36. The second-order valence-electron chi connectivity index (χ2n) is 3.77. The highest BCUT2D eigenvalue weighted by Gasteiger charge is 2.40. The number of carbonyl (C=O) groups excluding carboxylic acids is 1. The summed E-state index contributed by atoms with van der Waals surface area (Å²) in [6.45, 7) is 2.96. The topological polar surface area (TPSA) is 29.6 Å². The first kappa shape index (κ1) is 7.99. The van der Waals surface area contributed by atoms with Gasteiger partial charge in [0.2, 0.25) is 0 Å². The van der Waals surface area contributed by atoms with E-state index in [1.165, 1.54) is 0 Å². The number of carbonyl (C=O) groups is 1. The first-order valence-electron chi connectivity index (χ1n) is 4.56. The molecule has 4 atom stereocenters. The highest BCUT2D eigenvalue weighted by molar-refractivity contribution is 5.56. The minimum absolute atomic E-state index is 0.183. The molecular weight excluding hydrogens is 152 g/mol. The molecule has 2 rings (SSSR count). The molecule has 1 heterocycles. The van der Waals surface area contributed by atoms with Gasteiger partial charge in [0.05, 0.1) is 12.7 Å². The Morgan fingerprint density at radius 2 is 2.33 bits per heavy atom. The third-order valence-electron chi connectivity index (χ3n) is 2.94. The molecule has 66 valence electrons. The fraction of sp³-hybridized carbons (Fsp3) is 0.700. The number of rotatable bonds is 2. The molecule has 2 heteroatoms. The molecule has 1 aliphatic carbocycles. The standard InChI is InChI=1S/C10H14O2/c1-7-3-2-4-8(9(7)5-11)10-6-12-10/h2-3,5,7-10H,4,6H2,1H3/t7-,8-,9-,10?/m0/s1. The van der Waals surface area contributed by atoms with Crippen molar-refractivity contribution in [1.29, 1.82) is 0 Å². The zero-order valence-electron chi connectivity index (χ0n) is 7.27. The summed E-state index contributed by atoms with van der Waals surface area (Å²) in [5.74, 6) is 1.02. The number of ether oxygens (including phenoxy) is 1. The van der Waals surface area contributed by atoms with Gasteiger partial charge in [-0.05, 0) is 12.3 Å². The van der Waals surface area contributed by atoms with Gasteiger partial charge in [-0.15, -0.1) is 0 Å². The molecule has 0 N–H and O–H groups in total. The Morgan fingerprint density at radius 1 is 1.58 bits per heavy atom. The lowest BCUT2D eigenvalue weighted by molar-refractivity contribution is -0.114. The summed E-state index contributed by atoms with van der Waals surface area (Å²) >= 11 is 0. The van der Waals surface area contributed by atoms with Crippen LogP contribution in [-0.2, 0) is 9.53 Å². The molecule has 2 aliphatic rings. The van der Waals surface area contributed by atoms with Crippen LogP contribution in [0.25, 0.3) is 0 Å². The summed E-state index contributed by atoms with van der Waals surface area (Å²) in [6, 6.07) is 0. The summed E-state index contributed by atoms with van der Waals surface area (Å²) in [7, 11) is 0. The van der Waals surface area contributed by atoms with E-state index in [0.29, 0.717) is 17.9 Å². The first-order chi connectivity index (χ1) is 5.83. The van der Waals surface area contributed by atoms with Crippen molar-refractivity contribution >= 4 is 6.29 Å². The molecule has 0 bridgehead atoms. The third kappa shape index (κ3) is 1.31. The highest BCUT2D eigenvalue weighted by atomic mass is 16.6. The summed E-state index contributed by atoms with van der Waals surface area (Å²) < 4.78 is 5.24. The summed E-state index contributed by atoms with van der Waals surface area (Å²) in [5.41, 5.74) is 0. The summed E-state index contributed by atoms with van der Waals surface area (Å²) in [5, 5.41) is 0. The second kappa shape index (κ2) is 3.02. The van der Waals surface area contributed by atoms with Gasteiger partial charge in [-0.1, -0.05) is 19.1 Å². The zero-order chi connectivity index (χ0) is 8.55. The van der Waals surface area contributed by atoms with E-state index in [2.05, 4.69) is 19.1 Å². The zero-order valence-corrected chi connectivity index (χ0v) is 7.27. The van der Waals surface area contributed by atoms with Gasteiger partial charge in [-0.2, -0.15) is 0 Å². The van der Waals surface area contributed by atoms with Crippen molar-refractivity contribution in [3.63, 3.8) is 0 Å². The first-order valence-corrected chi connectivity index (χ1v) is 4.56. The maximum absolute atomic E-state index is 10.8. The van der Waals surface area contributed by atoms with E-state index in [0.717, 1.165) is 19.3 Å². The summed E-state index contributed by atoms with van der Waals surface area (Å²) in [6.07, 6.45) is 6.79. The lowest BCUT2D eigenvalue weighted by Crippen LogP contribution is -2.28. The average molecular weight is 166 g/mol. The Hall–Kier alpha value is -0.630. The van der Waals surface area contributed by atoms with Gasteiger partial charge in [0, 0.05) is 11.8 Å². The van der Waals surface area contributed by atoms with E-state index in [1.54, 1.807) is 0 Å². The van der Waals surface area contributed by atoms with Crippen molar-refractivity contribution in [2.75, 3.05) is 6.61 Å². The molecule has 0 aromatic heterocycles. The minimum Gasteiger partial charge on any atom is -0.373 e. The van der Waals surface area contributed by atoms with Gasteiger partial charge in [0.15, 0.2) is 0 Å². The molecule has 0 aromatic rings. The van der Waals surface area contributed by atoms with Crippen LogP contribution in [-0.4, -0.2) is 19.0 Å². The summed E-state index contributed by atoms with van der Waals surface area (Å²) in [4.78, 5) is 10.8. The van der Waals surface area contributed by atoms with Gasteiger partial charge < -0.3 is 9.53 Å². The van der Waals surface area contributed by atoms with Crippen molar-refractivity contribution in [3.05, 3.63) is 12.2 Å². The fourth-order valence-corrected chi connectivity index (χ4v) is 2.05. The molecular formula is C10H14O2. The van der Waals surface area contributed by atoms with Gasteiger partial charge in [0.25, 0.3) is 0 Å². The van der Waals surface area contributed by atoms with Crippen molar-refractivity contribution < 1.29 is 9.53 Å². The SMILES string of the molecule is C[C@H]1C=CC[C@H](C2CO2)[C@H]1C=O. The number of hydrogen-bond acceptors (Lipinski definition) is 2. The van der Waals surface area contributed by atoms with E-state index in [4.69, 9.17) is 4.74 Å². The van der Waals surface area contributed by atoms with Crippen LogP contribution in [0.1, 0.15) is 13.3 Å². The van der Waals surface area contributed by atoms with Gasteiger partial charge in [-0.25, -0.2) is 0 Å². The van der Waals surface area contributed by atoms with Crippen LogP contribution in [0.5, 0.6) is 0 Å². The predicted octanol–water partition coefficient (Wildman–Crippen LogP) is 1.41. The van der Waals surface area contributed by atoms with Crippen LogP contribution in [0.3, 0.4) is 0 Å². The largest absolute Gasteiger partial charge is 0.373 e. The van der Waals surface area contributed by atoms with Crippen molar-refractivity contribution in [2.45, 2.75) is 19.4 Å². The lowest BCUT2D eigenvalue weighted by Gasteiger charge is -2.27. The molecule has 0 amide bonds. The van der Waals surface area contributed by atoms with Crippen LogP contribution in [0.2, 0.25) is 0 Å².